The van der Waals surface area contributed by atoms with E-state index in [1.165, 1.54) is 0 Å². The number of ketones is 1. The zero-order valence-corrected chi connectivity index (χ0v) is 10.4. The number of aryl methyl sites for hydroxylation is 1. The maximum atomic E-state index is 11.9. The highest BCUT2D eigenvalue weighted by atomic mass is 16.3. The van der Waals surface area contributed by atoms with E-state index in [0.717, 1.165) is 16.7 Å². The van der Waals surface area contributed by atoms with Gasteiger partial charge in [0, 0.05) is 24.5 Å². The van der Waals surface area contributed by atoms with Crippen LogP contribution in [0.2, 0.25) is 0 Å². The van der Waals surface area contributed by atoms with Gasteiger partial charge >= 0.3 is 0 Å². The topological polar surface area (TPSA) is 37.3 Å². The zero-order valence-electron chi connectivity index (χ0n) is 10.4. The molecule has 1 N–H and O–H groups in total. The van der Waals surface area contributed by atoms with Crippen molar-refractivity contribution in [1.29, 1.82) is 0 Å². The molecule has 17 heavy (non-hydrogen) atoms. The van der Waals surface area contributed by atoms with Gasteiger partial charge in [0.25, 0.3) is 0 Å². The van der Waals surface area contributed by atoms with Crippen LogP contribution in [-0.2, 0) is 11.2 Å². The van der Waals surface area contributed by atoms with Crippen LogP contribution in [0.3, 0.4) is 0 Å². The lowest BCUT2D eigenvalue weighted by molar-refractivity contribution is -0.122. The lowest BCUT2D eigenvalue weighted by Gasteiger charge is -2.10. The highest BCUT2D eigenvalue weighted by Crippen LogP contribution is 2.14. The van der Waals surface area contributed by atoms with Gasteiger partial charge in [0.15, 0.2) is 0 Å². The van der Waals surface area contributed by atoms with Crippen LogP contribution in [0.1, 0.15) is 30.0 Å². The molecule has 0 bridgehead atoms. The first-order valence-electron chi connectivity index (χ1n) is 5.78. The number of Topliss-reactive ketones (excluding diaryl/α,β-unsaturated/α-hetero) is 1. The number of benzene rings is 1. The molecule has 0 radical (unpaired) electrons. The summed E-state index contributed by atoms with van der Waals surface area (Å²) in [5, 5.41) is 8.81. The summed E-state index contributed by atoms with van der Waals surface area (Å²) in [5.41, 5.74) is 2.86. The molecule has 1 rings (SSSR count). The van der Waals surface area contributed by atoms with Crippen molar-refractivity contribution in [3.63, 3.8) is 0 Å². The van der Waals surface area contributed by atoms with Crippen molar-refractivity contribution in [2.24, 2.45) is 5.92 Å². The predicted molar refractivity (Wildman–Crippen MR) is 68.7 cm³/mol. The summed E-state index contributed by atoms with van der Waals surface area (Å²) in [7, 11) is 0. The number of hydrogen-bond donors (Lipinski definition) is 1. The maximum Gasteiger partial charge on any atom is 0.140 e. The molecule has 1 unspecified atom stereocenters. The van der Waals surface area contributed by atoms with Gasteiger partial charge in [-0.1, -0.05) is 18.9 Å². The molecular formula is C15H18O2. The highest BCUT2D eigenvalue weighted by molar-refractivity contribution is 5.83. The third-order valence-corrected chi connectivity index (χ3v) is 2.99. The standard InChI is InChI=1S/C15H18O2/c1-4-13-6-5-11(2)14(9-13)10-15(17)12(3)7-8-16/h1,5-6,9,12,16H,7-8,10H2,2-3H3. The predicted octanol–water partition coefficient (Wildman–Crippen LogP) is 2.11. The number of hydrogen-bond acceptors (Lipinski definition) is 2. The normalized spacial score (nSPS) is 11.9. The maximum absolute atomic E-state index is 11.9. The number of carbonyl (C=O) groups excluding carboxylic acids is 1. The monoisotopic (exact) mass is 230 g/mol. The van der Waals surface area contributed by atoms with Crippen molar-refractivity contribution >= 4 is 5.78 Å². The second kappa shape index (κ2) is 6.22. The molecule has 0 saturated heterocycles. The fourth-order valence-corrected chi connectivity index (χ4v) is 1.67. The van der Waals surface area contributed by atoms with E-state index in [4.69, 9.17) is 11.5 Å². The molecule has 2 nitrogen and oxygen atoms in total. The van der Waals surface area contributed by atoms with Crippen LogP contribution >= 0.6 is 0 Å². The molecule has 1 aromatic rings. The van der Waals surface area contributed by atoms with E-state index < -0.39 is 0 Å². The third kappa shape index (κ3) is 3.72. The Morgan fingerprint density at radius 2 is 2.24 bits per heavy atom. The van der Waals surface area contributed by atoms with E-state index in [1.807, 2.05) is 32.0 Å². The Morgan fingerprint density at radius 1 is 1.53 bits per heavy atom. The minimum atomic E-state index is -0.103. The SMILES string of the molecule is C#Cc1ccc(C)c(CC(=O)C(C)CCO)c1. The summed E-state index contributed by atoms with van der Waals surface area (Å²) < 4.78 is 0. The van der Waals surface area contributed by atoms with Gasteiger partial charge in [-0.2, -0.15) is 0 Å². The van der Waals surface area contributed by atoms with E-state index in [1.54, 1.807) is 0 Å². The number of terminal acetylenes is 1. The van der Waals surface area contributed by atoms with Crippen LogP contribution in [0.25, 0.3) is 0 Å². The fraction of sp³-hybridized carbons (Fsp3) is 0.400. The average Bonchev–Trinajstić information content (AvgIpc) is 2.32. The first-order chi connectivity index (χ1) is 8.08. The molecule has 0 aromatic heterocycles. The van der Waals surface area contributed by atoms with Crippen molar-refractivity contribution in [3.05, 3.63) is 34.9 Å². The van der Waals surface area contributed by atoms with Crippen molar-refractivity contribution in [2.75, 3.05) is 6.61 Å². The number of aliphatic hydroxyl groups excluding tert-OH is 1. The van der Waals surface area contributed by atoms with Crippen molar-refractivity contribution in [3.8, 4) is 12.3 Å². The lowest BCUT2D eigenvalue weighted by atomic mass is 9.94. The summed E-state index contributed by atoms with van der Waals surface area (Å²) in [4.78, 5) is 11.9. The molecule has 0 aliphatic heterocycles. The van der Waals surface area contributed by atoms with Crippen LogP contribution in [0, 0.1) is 25.2 Å². The third-order valence-electron chi connectivity index (χ3n) is 2.99. The van der Waals surface area contributed by atoms with Crippen LogP contribution in [0.5, 0.6) is 0 Å². The molecule has 1 atom stereocenters. The van der Waals surface area contributed by atoms with Gasteiger partial charge in [-0.25, -0.2) is 0 Å². The molecule has 1 aromatic carbocycles. The van der Waals surface area contributed by atoms with Crippen molar-refractivity contribution in [2.45, 2.75) is 26.7 Å². The molecule has 0 amide bonds. The Morgan fingerprint density at radius 3 is 2.82 bits per heavy atom. The molecule has 0 aliphatic carbocycles. The molecule has 90 valence electrons. The van der Waals surface area contributed by atoms with Gasteiger partial charge in [-0.3, -0.25) is 4.79 Å². The number of carbonyl (C=O) groups is 1. The minimum absolute atomic E-state index is 0.0519. The minimum Gasteiger partial charge on any atom is -0.396 e. The Kier molecular flexibility index (Phi) is 4.93. The van der Waals surface area contributed by atoms with Crippen LogP contribution in [0.4, 0.5) is 0 Å². The van der Waals surface area contributed by atoms with Gasteiger partial charge in [0.05, 0.1) is 0 Å². The molecule has 0 saturated carbocycles. The molecule has 0 fully saturated rings. The van der Waals surface area contributed by atoms with Crippen LogP contribution in [0.15, 0.2) is 18.2 Å². The lowest BCUT2D eigenvalue weighted by Crippen LogP contribution is -2.15. The Hall–Kier alpha value is -1.59. The number of rotatable bonds is 5. The second-order valence-corrected chi connectivity index (χ2v) is 4.34. The van der Waals surface area contributed by atoms with Gasteiger partial charge in [-0.05, 0) is 36.6 Å². The quantitative estimate of drug-likeness (QED) is 0.787. The Labute approximate surface area is 103 Å². The fourth-order valence-electron chi connectivity index (χ4n) is 1.67. The Balaban J connectivity index is 2.81. The second-order valence-electron chi connectivity index (χ2n) is 4.34. The summed E-state index contributed by atoms with van der Waals surface area (Å²) in [6, 6.07) is 5.70. The molecule has 0 aliphatic rings. The molecule has 0 spiro atoms. The van der Waals surface area contributed by atoms with Crippen molar-refractivity contribution < 1.29 is 9.90 Å². The van der Waals surface area contributed by atoms with E-state index in [9.17, 15) is 4.79 Å². The van der Waals surface area contributed by atoms with Crippen LogP contribution < -0.4 is 0 Å². The van der Waals surface area contributed by atoms with E-state index >= 15 is 0 Å². The smallest absolute Gasteiger partial charge is 0.140 e. The largest absolute Gasteiger partial charge is 0.396 e. The zero-order chi connectivity index (χ0) is 12.8. The van der Waals surface area contributed by atoms with Gasteiger partial charge < -0.3 is 5.11 Å². The number of aliphatic hydroxyl groups is 1. The van der Waals surface area contributed by atoms with Crippen molar-refractivity contribution in [1.82, 2.24) is 0 Å². The first kappa shape index (κ1) is 13.5. The van der Waals surface area contributed by atoms with E-state index in [2.05, 4.69) is 5.92 Å². The summed E-state index contributed by atoms with van der Waals surface area (Å²) in [6.45, 7) is 3.87. The molecule has 2 heteroatoms. The first-order valence-corrected chi connectivity index (χ1v) is 5.78. The van der Waals surface area contributed by atoms with E-state index in [0.29, 0.717) is 12.8 Å². The summed E-state index contributed by atoms with van der Waals surface area (Å²) in [5.74, 6) is 2.62. The summed E-state index contributed by atoms with van der Waals surface area (Å²) in [6.07, 6.45) is 6.25. The van der Waals surface area contributed by atoms with Gasteiger partial charge in [0.2, 0.25) is 0 Å². The van der Waals surface area contributed by atoms with Crippen LogP contribution in [-0.4, -0.2) is 17.5 Å². The summed E-state index contributed by atoms with van der Waals surface area (Å²) >= 11 is 0. The van der Waals surface area contributed by atoms with Gasteiger partial charge in [0.1, 0.15) is 5.78 Å². The molecule has 0 heterocycles. The Bertz CT molecular complexity index is 441. The van der Waals surface area contributed by atoms with Gasteiger partial charge in [-0.15, -0.1) is 6.42 Å². The highest BCUT2D eigenvalue weighted by Gasteiger charge is 2.14. The van der Waals surface area contributed by atoms with E-state index in [-0.39, 0.29) is 18.3 Å². The molecular weight excluding hydrogens is 212 g/mol. The average molecular weight is 230 g/mol.